The summed E-state index contributed by atoms with van der Waals surface area (Å²) in [6.07, 6.45) is 0. The van der Waals surface area contributed by atoms with Crippen LogP contribution in [0.4, 0.5) is 0 Å². The molecular formula is C12H10BrClOS. The predicted molar refractivity (Wildman–Crippen MR) is 72.0 cm³/mol. The lowest BCUT2D eigenvalue weighted by molar-refractivity contribution is 0.109. The van der Waals surface area contributed by atoms with Crippen molar-refractivity contribution >= 4 is 38.9 Å². The molecule has 0 aliphatic rings. The largest absolute Gasteiger partial charge is 0.371 e. The summed E-state index contributed by atoms with van der Waals surface area (Å²) in [5, 5.41) is 2.79. The number of benzene rings is 1. The Hall–Kier alpha value is -0.350. The number of halogens is 2. The summed E-state index contributed by atoms with van der Waals surface area (Å²) in [7, 11) is 0. The highest BCUT2D eigenvalue weighted by Crippen LogP contribution is 2.23. The zero-order chi connectivity index (χ0) is 11.4. The van der Waals surface area contributed by atoms with Gasteiger partial charge in [-0.05, 0) is 45.1 Å². The molecule has 0 aliphatic carbocycles. The first kappa shape index (κ1) is 12.1. The second-order valence-corrected chi connectivity index (χ2v) is 5.61. The molecule has 0 aliphatic heterocycles. The third kappa shape index (κ3) is 3.32. The van der Waals surface area contributed by atoms with E-state index in [-0.39, 0.29) is 0 Å². The van der Waals surface area contributed by atoms with Crippen LogP contribution in [0.2, 0.25) is 5.02 Å². The fraction of sp³-hybridized carbons (Fsp3) is 0.167. The van der Waals surface area contributed by atoms with Crippen molar-refractivity contribution in [2.75, 3.05) is 0 Å². The molecular weight excluding hydrogens is 308 g/mol. The normalized spacial score (nSPS) is 10.6. The summed E-state index contributed by atoms with van der Waals surface area (Å²) in [5.74, 6) is 0. The van der Waals surface area contributed by atoms with Crippen LogP contribution in [0.1, 0.15) is 10.4 Å². The second kappa shape index (κ2) is 5.82. The molecule has 16 heavy (non-hydrogen) atoms. The topological polar surface area (TPSA) is 9.23 Å². The molecule has 0 unspecified atom stereocenters. The van der Waals surface area contributed by atoms with Crippen LogP contribution < -0.4 is 0 Å². The van der Waals surface area contributed by atoms with Crippen LogP contribution in [0.25, 0.3) is 0 Å². The van der Waals surface area contributed by atoms with E-state index in [1.165, 1.54) is 4.88 Å². The van der Waals surface area contributed by atoms with E-state index >= 15 is 0 Å². The Labute approximate surface area is 112 Å². The van der Waals surface area contributed by atoms with Crippen LogP contribution in [-0.2, 0) is 18.0 Å². The molecule has 84 valence electrons. The Morgan fingerprint density at radius 2 is 2.12 bits per heavy atom. The Morgan fingerprint density at radius 3 is 2.81 bits per heavy atom. The highest BCUT2D eigenvalue weighted by Gasteiger charge is 2.01. The summed E-state index contributed by atoms with van der Waals surface area (Å²) in [6, 6.07) is 9.76. The van der Waals surface area contributed by atoms with Crippen LogP contribution in [-0.4, -0.2) is 0 Å². The molecule has 0 saturated carbocycles. The number of rotatable bonds is 4. The fourth-order valence-electron chi connectivity index (χ4n) is 1.32. The third-order valence-electron chi connectivity index (χ3n) is 2.08. The van der Waals surface area contributed by atoms with Crippen molar-refractivity contribution in [3.63, 3.8) is 0 Å². The number of hydrogen-bond donors (Lipinski definition) is 0. The van der Waals surface area contributed by atoms with Crippen molar-refractivity contribution in [2.45, 2.75) is 13.2 Å². The summed E-state index contributed by atoms with van der Waals surface area (Å²) in [5.41, 5.74) is 1.10. The van der Waals surface area contributed by atoms with Gasteiger partial charge < -0.3 is 4.74 Å². The van der Waals surface area contributed by atoms with Crippen molar-refractivity contribution in [2.24, 2.45) is 0 Å². The van der Waals surface area contributed by atoms with Gasteiger partial charge in [0.2, 0.25) is 0 Å². The summed E-state index contributed by atoms with van der Waals surface area (Å²) in [4.78, 5) is 1.21. The van der Waals surface area contributed by atoms with E-state index in [0.29, 0.717) is 13.2 Å². The van der Waals surface area contributed by atoms with Gasteiger partial charge in [-0.1, -0.05) is 23.7 Å². The van der Waals surface area contributed by atoms with E-state index in [4.69, 9.17) is 16.3 Å². The van der Waals surface area contributed by atoms with Crippen molar-refractivity contribution in [1.29, 1.82) is 0 Å². The summed E-state index contributed by atoms with van der Waals surface area (Å²) in [6.45, 7) is 1.22. The molecule has 4 heteroatoms. The molecule has 0 N–H and O–H groups in total. The van der Waals surface area contributed by atoms with E-state index in [0.717, 1.165) is 15.1 Å². The van der Waals surface area contributed by atoms with Gasteiger partial charge in [-0.25, -0.2) is 0 Å². The average molecular weight is 318 g/mol. The maximum absolute atomic E-state index is 5.89. The molecule has 0 radical (unpaired) electrons. The van der Waals surface area contributed by atoms with Gasteiger partial charge in [0.15, 0.2) is 0 Å². The maximum atomic E-state index is 5.89. The standard InChI is InChI=1S/C12H10BrClOS/c13-11-4-5-16-12(11)8-15-7-9-2-1-3-10(14)6-9/h1-6H,7-8H2. The predicted octanol–water partition coefficient (Wildman–Crippen LogP) is 4.88. The quantitative estimate of drug-likeness (QED) is 0.781. The van der Waals surface area contributed by atoms with Gasteiger partial charge in [0.1, 0.15) is 0 Å². The van der Waals surface area contributed by atoms with Gasteiger partial charge in [-0.15, -0.1) is 11.3 Å². The summed E-state index contributed by atoms with van der Waals surface area (Å²) < 4.78 is 6.74. The zero-order valence-electron chi connectivity index (χ0n) is 8.45. The van der Waals surface area contributed by atoms with Gasteiger partial charge in [-0.3, -0.25) is 0 Å². The Bertz CT molecular complexity index is 470. The average Bonchev–Trinajstić information content (AvgIpc) is 2.65. The molecule has 1 aromatic carbocycles. The molecule has 0 saturated heterocycles. The fourth-order valence-corrected chi connectivity index (χ4v) is 2.93. The first-order valence-corrected chi connectivity index (χ1v) is 6.85. The Morgan fingerprint density at radius 1 is 1.25 bits per heavy atom. The SMILES string of the molecule is Clc1cccc(COCc2sccc2Br)c1. The summed E-state index contributed by atoms with van der Waals surface area (Å²) >= 11 is 11.1. The number of ether oxygens (including phenoxy) is 1. The van der Waals surface area contributed by atoms with E-state index in [1.54, 1.807) is 11.3 Å². The molecule has 0 bridgehead atoms. The van der Waals surface area contributed by atoms with Crippen molar-refractivity contribution in [3.05, 3.63) is 55.6 Å². The highest BCUT2D eigenvalue weighted by molar-refractivity contribution is 9.10. The van der Waals surface area contributed by atoms with E-state index in [2.05, 4.69) is 15.9 Å². The van der Waals surface area contributed by atoms with E-state index in [9.17, 15) is 0 Å². The minimum Gasteiger partial charge on any atom is -0.371 e. The molecule has 2 rings (SSSR count). The molecule has 1 aromatic heterocycles. The Kier molecular flexibility index (Phi) is 4.41. The smallest absolute Gasteiger partial charge is 0.0825 e. The Balaban J connectivity index is 1.87. The van der Waals surface area contributed by atoms with E-state index in [1.807, 2.05) is 35.7 Å². The lowest BCUT2D eigenvalue weighted by Gasteiger charge is -2.03. The first-order valence-electron chi connectivity index (χ1n) is 4.80. The molecule has 0 spiro atoms. The van der Waals surface area contributed by atoms with Crippen LogP contribution in [0.5, 0.6) is 0 Å². The lowest BCUT2D eigenvalue weighted by Crippen LogP contribution is -1.92. The molecule has 0 fully saturated rings. The van der Waals surface area contributed by atoms with Gasteiger partial charge >= 0.3 is 0 Å². The van der Waals surface area contributed by atoms with Crippen molar-refractivity contribution in [3.8, 4) is 0 Å². The lowest BCUT2D eigenvalue weighted by atomic mass is 10.2. The van der Waals surface area contributed by atoms with Crippen molar-refractivity contribution in [1.82, 2.24) is 0 Å². The number of thiophene rings is 1. The van der Waals surface area contributed by atoms with E-state index < -0.39 is 0 Å². The monoisotopic (exact) mass is 316 g/mol. The molecule has 0 atom stereocenters. The minimum atomic E-state index is 0.588. The van der Waals surface area contributed by atoms with Gasteiger partial charge in [-0.2, -0.15) is 0 Å². The van der Waals surface area contributed by atoms with Crippen LogP contribution in [0.15, 0.2) is 40.2 Å². The second-order valence-electron chi connectivity index (χ2n) is 3.31. The van der Waals surface area contributed by atoms with Crippen LogP contribution >= 0.6 is 38.9 Å². The molecule has 0 amide bonds. The molecule has 1 heterocycles. The third-order valence-corrected chi connectivity index (χ3v) is 4.22. The van der Waals surface area contributed by atoms with Gasteiger partial charge in [0, 0.05) is 14.4 Å². The van der Waals surface area contributed by atoms with Gasteiger partial charge in [0.25, 0.3) is 0 Å². The van der Waals surface area contributed by atoms with Crippen molar-refractivity contribution < 1.29 is 4.74 Å². The molecule has 2 aromatic rings. The maximum Gasteiger partial charge on any atom is 0.0825 e. The van der Waals surface area contributed by atoms with Gasteiger partial charge in [0.05, 0.1) is 13.2 Å². The number of hydrogen-bond acceptors (Lipinski definition) is 2. The van der Waals surface area contributed by atoms with Crippen LogP contribution in [0.3, 0.4) is 0 Å². The molecule has 1 nitrogen and oxygen atoms in total. The van der Waals surface area contributed by atoms with Crippen LogP contribution in [0, 0.1) is 0 Å². The zero-order valence-corrected chi connectivity index (χ0v) is 11.6. The minimum absolute atomic E-state index is 0.588. The highest BCUT2D eigenvalue weighted by atomic mass is 79.9. The first-order chi connectivity index (χ1) is 7.75.